The number of carboxylic acid groups (broad SMARTS) is 1. The Morgan fingerprint density at radius 1 is 0.667 bits per heavy atom. The van der Waals surface area contributed by atoms with Crippen LogP contribution in [0.3, 0.4) is 0 Å². The number of hydrogen-bond acceptors (Lipinski definition) is 9. The minimum absolute atomic E-state index is 0.00453. The lowest BCUT2D eigenvalue weighted by atomic mass is 10.1. The average Bonchev–Trinajstić information content (AvgIpc) is 4.19. The monoisotopic (exact) mass is 918 g/mol. The van der Waals surface area contributed by atoms with Crippen LogP contribution in [0.15, 0.2) is 54.1 Å². The first kappa shape index (κ1) is 45.7. The fourth-order valence-corrected chi connectivity index (χ4v) is 8.89. The number of aryl methyl sites for hydroxylation is 1. The van der Waals surface area contributed by atoms with Crippen LogP contribution in [0.2, 0.25) is 0 Å². The summed E-state index contributed by atoms with van der Waals surface area (Å²) in [6.45, 7) is 3.47. The van der Waals surface area contributed by atoms with Crippen molar-refractivity contribution in [3.8, 4) is 0 Å². The van der Waals surface area contributed by atoms with Crippen molar-refractivity contribution in [1.82, 2.24) is 19.8 Å². The van der Waals surface area contributed by atoms with Crippen LogP contribution in [0.25, 0.3) is 21.8 Å². The van der Waals surface area contributed by atoms with E-state index in [2.05, 4.69) is 30.6 Å². The number of nitrogens with zero attached hydrogens (tertiary/aromatic N) is 8. The maximum absolute atomic E-state index is 16.1. The molecule has 4 heterocycles. The molecule has 2 aliphatic carbocycles. The lowest BCUT2D eigenvalue weighted by Crippen LogP contribution is -2.42. The molecule has 66 heavy (non-hydrogen) atoms. The van der Waals surface area contributed by atoms with E-state index < -0.39 is 46.3 Å². The van der Waals surface area contributed by atoms with Gasteiger partial charge in [0.25, 0.3) is 0 Å². The quantitative estimate of drug-likeness (QED) is 0.0416. The number of guanidine groups is 4. The molecule has 0 spiro atoms. The van der Waals surface area contributed by atoms with Gasteiger partial charge in [0, 0.05) is 69.3 Å². The van der Waals surface area contributed by atoms with E-state index in [1.165, 1.54) is 9.47 Å². The Balaban J connectivity index is 0.752. The molecule has 2 saturated heterocycles. The van der Waals surface area contributed by atoms with Crippen LogP contribution in [0.4, 0.5) is 28.9 Å². The van der Waals surface area contributed by atoms with Crippen LogP contribution in [0.1, 0.15) is 92.2 Å². The predicted molar refractivity (Wildman–Crippen MR) is 247 cm³/mol. The van der Waals surface area contributed by atoms with E-state index in [4.69, 9.17) is 22.9 Å². The number of nitrogens with one attached hydrogen (secondary N) is 2. The highest BCUT2D eigenvalue weighted by Crippen LogP contribution is 2.41. The van der Waals surface area contributed by atoms with Gasteiger partial charge in [0.15, 0.2) is 40.9 Å². The molecule has 2 saturated carbocycles. The Labute approximate surface area is 376 Å². The third kappa shape index (κ3) is 9.71. The maximum atomic E-state index is 16.1. The van der Waals surface area contributed by atoms with Gasteiger partial charge < -0.3 is 47.0 Å². The largest absolute Gasteiger partial charge is 0.477 e. The zero-order chi connectivity index (χ0) is 47.0. The van der Waals surface area contributed by atoms with E-state index in [0.29, 0.717) is 50.9 Å². The Bertz CT molecular complexity index is 2820. The van der Waals surface area contributed by atoms with E-state index in [0.717, 1.165) is 56.9 Å². The van der Waals surface area contributed by atoms with E-state index >= 15 is 17.6 Å². The maximum Gasteiger partial charge on any atom is 0.341 e. The molecular weight excluding hydrogens is 865 g/mol. The molecule has 4 aromatic rings. The average molecular weight is 919 g/mol. The van der Waals surface area contributed by atoms with Crippen LogP contribution >= 0.6 is 0 Å². The van der Waals surface area contributed by atoms with Crippen LogP contribution in [0, 0.1) is 30.2 Å². The number of pyridine rings is 2. The fraction of sp³-hybridized carbons (Fsp3) is 0.477. The molecule has 0 bridgehead atoms. The smallest absolute Gasteiger partial charge is 0.341 e. The fourth-order valence-electron chi connectivity index (χ4n) is 8.89. The SMILES string of the molecule is Cc1cn(C2CC2)c2c(F)c(N3CCC(N=C(N)NC(N)=NCCCCCCN=C(N)NC(N)=NC4CCN(c5c(F)cc6c(=O)c(C(=O)O)cn(C7CC7)c6c5F)C4)C3)c(F)cc2c1=O. The molecule has 2 aliphatic heterocycles. The highest BCUT2D eigenvalue weighted by atomic mass is 19.1. The summed E-state index contributed by atoms with van der Waals surface area (Å²) in [5.41, 5.74) is 22.4. The summed E-state index contributed by atoms with van der Waals surface area (Å²) in [6.07, 6.45) is 9.99. The molecule has 0 amide bonds. The molecule has 22 heteroatoms. The first-order chi connectivity index (χ1) is 31.6. The van der Waals surface area contributed by atoms with Gasteiger partial charge in [0.2, 0.25) is 5.43 Å². The molecule has 11 N–H and O–H groups in total. The van der Waals surface area contributed by atoms with E-state index in [1.807, 2.05) is 0 Å². The highest BCUT2D eigenvalue weighted by Gasteiger charge is 2.34. The van der Waals surface area contributed by atoms with Gasteiger partial charge in [-0.2, -0.15) is 0 Å². The van der Waals surface area contributed by atoms with Crippen molar-refractivity contribution in [2.75, 3.05) is 49.1 Å². The van der Waals surface area contributed by atoms with E-state index in [1.54, 1.807) is 22.6 Å². The Kier molecular flexibility index (Phi) is 13.1. The first-order valence-electron chi connectivity index (χ1n) is 22.2. The van der Waals surface area contributed by atoms with Crippen molar-refractivity contribution in [3.63, 3.8) is 0 Å². The number of rotatable bonds is 14. The van der Waals surface area contributed by atoms with Gasteiger partial charge in [0.1, 0.15) is 28.6 Å². The summed E-state index contributed by atoms with van der Waals surface area (Å²) in [7, 11) is 0. The van der Waals surface area contributed by atoms with Crippen LogP contribution in [-0.4, -0.2) is 95.4 Å². The number of carbonyl (C=O) groups is 1. The molecule has 0 radical (unpaired) electrons. The predicted octanol–water partition coefficient (Wildman–Crippen LogP) is 3.41. The van der Waals surface area contributed by atoms with Crippen LogP contribution in [-0.2, 0) is 0 Å². The lowest BCUT2D eigenvalue weighted by Gasteiger charge is -2.22. The minimum atomic E-state index is -1.46. The van der Waals surface area contributed by atoms with Gasteiger partial charge in [-0.3, -0.25) is 30.2 Å². The third-order valence-electron chi connectivity index (χ3n) is 12.4. The van der Waals surface area contributed by atoms with Crippen molar-refractivity contribution >= 4 is 63.0 Å². The Morgan fingerprint density at radius 3 is 1.55 bits per heavy atom. The number of unbranched alkanes of at least 4 members (excludes halogenated alkanes) is 3. The van der Waals surface area contributed by atoms with Gasteiger partial charge in [-0.1, -0.05) is 12.8 Å². The molecule has 2 atom stereocenters. The number of fused-ring (bicyclic) bond motifs is 2. The Hall–Kier alpha value is -6.87. The van der Waals surface area contributed by atoms with Gasteiger partial charge in [-0.15, -0.1) is 0 Å². The minimum Gasteiger partial charge on any atom is -0.477 e. The van der Waals surface area contributed by atoms with E-state index in [-0.39, 0.29) is 100 Å². The number of hydrogen-bond donors (Lipinski definition) is 7. The topological polar surface area (TPSA) is 265 Å². The molecule has 4 fully saturated rings. The zero-order valence-electron chi connectivity index (χ0n) is 36.5. The van der Waals surface area contributed by atoms with Gasteiger partial charge in [-0.05, 0) is 70.4 Å². The number of anilines is 2. The second kappa shape index (κ2) is 18.9. The molecule has 2 unspecified atom stereocenters. The molecule has 18 nitrogen and oxygen atoms in total. The number of nitrogens with two attached hydrogens (primary N) is 4. The van der Waals surface area contributed by atoms with Gasteiger partial charge in [-0.25, -0.2) is 32.3 Å². The zero-order valence-corrected chi connectivity index (χ0v) is 36.5. The molecule has 4 aliphatic rings. The molecule has 2 aromatic carbocycles. The number of carboxylic acids is 1. The van der Waals surface area contributed by atoms with Crippen molar-refractivity contribution < 1.29 is 27.5 Å². The summed E-state index contributed by atoms with van der Waals surface area (Å²) >= 11 is 0. The number of aromatic carboxylic acids is 1. The summed E-state index contributed by atoms with van der Waals surface area (Å²) in [5.74, 6) is -4.71. The van der Waals surface area contributed by atoms with Crippen molar-refractivity contribution in [3.05, 3.63) is 79.4 Å². The first-order valence-corrected chi connectivity index (χ1v) is 22.2. The van der Waals surface area contributed by atoms with Gasteiger partial charge >= 0.3 is 5.97 Å². The molecular formula is C44H54F4N14O4. The summed E-state index contributed by atoms with van der Waals surface area (Å²) < 4.78 is 66.1. The highest BCUT2D eigenvalue weighted by molar-refractivity contribution is 5.98. The molecule has 8 rings (SSSR count). The van der Waals surface area contributed by atoms with Gasteiger partial charge in [0.05, 0.1) is 33.9 Å². The second-order valence-electron chi connectivity index (χ2n) is 17.4. The lowest BCUT2D eigenvalue weighted by molar-refractivity contribution is 0.0694. The second-order valence-corrected chi connectivity index (χ2v) is 17.4. The molecule has 352 valence electrons. The normalized spacial score (nSPS) is 19.7. The van der Waals surface area contributed by atoms with Crippen molar-refractivity contribution in [1.29, 1.82) is 0 Å². The van der Waals surface area contributed by atoms with Crippen LogP contribution in [0.5, 0.6) is 0 Å². The van der Waals surface area contributed by atoms with Crippen LogP contribution < -0.4 is 54.2 Å². The third-order valence-corrected chi connectivity index (χ3v) is 12.4. The number of halogens is 4. The number of aliphatic imine (C=N–C) groups is 4. The summed E-state index contributed by atoms with van der Waals surface area (Å²) in [4.78, 5) is 57.9. The van der Waals surface area contributed by atoms with E-state index in [9.17, 15) is 19.5 Å². The number of aromatic nitrogens is 2. The van der Waals surface area contributed by atoms with Crippen molar-refractivity contribution in [2.24, 2.45) is 42.9 Å². The van der Waals surface area contributed by atoms with Crippen molar-refractivity contribution in [2.45, 2.75) is 95.3 Å². The number of benzene rings is 2. The summed E-state index contributed by atoms with van der Waals surface area (Å²) in [5, 5.41) is 14.8. The molecule has 2 aromatic heterocycles. The Morgan fingerprint density at radius 2 is 1.11 bits per heavy atom. The standard InChI is InChI=1S/C44H54F4N14O4/c1-22-18-61(25-6-7-25)34-27(38(22)63)16-30(45)36(32(34)47)59-14-10-23(19-59)55-43(51)57-41(49)53-12-4-2-3-5-13-54-42(50)58-44(52)56-24-11-15-60(20-24)37-31(46)17-28-35(33(37)48)62(26-8-9-26)21-29(39(28)64)40(65)66/h16-18,21,23-26H,2-15,19-20H2,1H3,(H,65,66)(H5,49,51,53,55,57)(H5,50,52,54,56,58). The summed E-state index contributed by atoms with van der Waals surface area (Å²) in [6, 6.07) is 1.19.